The molecule has 0 spiro atoms. The van der Waals surface area contributed by atoms with Crippen LogP contribution in [0.2, 0.25) is 10.0 Å². The fourth-order valence-electron chi connectivity index (χ4n) is 1.23. The molecule has 0 saturated carbocycles. The van der Waals surface area contributed by atoms with Gasteiger partial charge in [0.1, 0.15) is 5.75 Å². The van der Waals surface area contributed by atoms with Crippen molar-refractivity contribution in [2.24, 2.45) is 0 Å². The predicted octanol–water partition coefficient (Wildman–Crippen LogP) is 3.13. The maximum atomic E-state index is 9.61. The van der Waals surface area contributed by atoms with Gasteiger partial charge in [0.15, 0.2) is 0 Å². The molecule has 0 saturated heterocycles. The number of benzene rings is 1. The first-order valence-electron chi connectivity index (χ1n) is 4.17. The van der Waals surface area contributed by atoms with Crippen LogP contribution >= 0.6 is 23.2 Å². The average Bonchev–Trinajstić information content (AvgIpc) is 2.15. The van der Waals surface area contributed by atoms with E-state index >= 15 is 0 Å². The molecule has 3 nitrogen and oxygen atoms in total. The molecule has 1 aromatic rings. The minimum absolute atomic E-state index is 0.0514. The Hall–Kier alpha value is -0.480. The van der Waals surface area contributed by atoms with Crippen LogP contribution in [0.15, 0.2) is 12.1 Å². The summed E-state index contributed by atoms with van der Waals surface area (Å²) in [4.78, 5) is 0. The second kappa shape index (κ2) is 4.84. The first kappa shape index (κ1) is 11.6. The molecule has 0 aliphatic heterocycles. The fraction of sp³-hybridized carbons (Fsp3) is 0.333. The number of hydrogen-bond acceptors (Lipinski definition) is 3. The number of halogens is 2. The molecule has 0 aliphatic rings. The minimum Gasteiger partial charge on any atom is -0.506 e. The van der Waals surface area contributed by atoms with Gasteiger partial charge >= 0.3 is 0 Å². The van der Waals surface area contributed by atoms with Crippen LogP contribution in [0.1, 0.15) is 24.9 Å². The van der Waals surface area contributed by atoms with E-state index in [1.54, 1.807) is 6.07 Å². The van der Waals surface area contributed by atoms with Crippen molar-refractivity contribution >= 4 is 23.2 Å². The summed E-state index contributed by atoms with van der Waals surface area (Å²) in [6.45, 7) is 1.86. The third-order valence-electron chi connectivity index (χ3n) is 2.00. The Balaban J connectivity index is 3.18. The van der Waals surface area contributed by atoms with E-state index in [1.807, 2.05) is 6.92 Å². The molecular formula is C9H11Cl2NO2. The highest BCUT2D eigenvalue weighted by Crippen LogP contribution is 2.35. The highest BCUT2D eigenvalue weighted by molar-refractivity contribution is 6.35. The van der Waals surface area contributed by atoms with Gasteiger partial charge in [-0.25, -0.2) is 0 Å². The summed E-state index contributed by atoms with van der Waals surface area (Å²) in [5, 5.41) is 19.1. The minimum atomic E-state index is -0.369. The normalized spacial score (nSPS) is 12.9. The van der Waals surface area contributed by atoms with E-state index in [4.69, 9.17) is 28.4 Å². The molecule has 0 unspecified atom stereocenters. The van der Waals surface area contributed by atoms with Gasteiger partial charge < -0.3 is 10.3 Å². The van der Waals surface area contributed by atoms with Gasteiger partial charge in [0.2, 0.25) is 0 Å². The Bertz CT molecular complexity index is 327. The van der Waals surface area contributed by atoms with Crippen molar-refractivity contribution < 1.29 is 10.3 Å². The molecule has 0 bridgehead atoms. The van der Waals surface area contributed by atoms with Crippen molar-refractivity contribution in [1.29, 1.82) is 0 Å². The third kappa shape index (κ3) is 2.30. The molecular weight excluding hydrogens is 225 g/mol. The maximum Gasteiger partial charge on any atom is 0.139 e. The monoisotopic (exact) mass is 235 g/mol. The lowest BCUT2D eigenvalue weighted by atomic mass is 10.0. The zero-order valence-corrected chi connectivity index (χ0v) is 9.10. The largest absolute Gasteiger partial charge is 0.506 e. The van der Waals surface area contributed by atoms with Crippen molar-refractivity contribution in [3.05, 3.63) is 27.7 Å². The Morgan fingerprint density at radius 2 is 2.07 bits per heavy atom. The second-order valence-electron chi connectivity index (χ2n) is 2.92. The van der Waals surface area contributed by atoms with Gasteiger partial charge in [0.05, 0.1) is 11.1 Å². The van der Waals surface area contributed by atoms with Crippen LogP contribution in [-0.2, 0) is 0 Å². The Labute approximate surface area is 92.2 Å². The average molecular weight is 236 g/mol. The molecule has 14 heavy (non-hydrogen) atoms. The number of hydrogen-bond donors (Lipinski definition) is 3. The van der Waals surface area contributed by atoms with Crippen LogP contribution in [0.4, 0.5) is 0 Å². The molecule has 0 fully saturated rings. The van der Waals surface area contributed by atoms with Gasteiger partial charge in [-0.1, -0.05) is 30.1 Å². The van der Waals surface area contributed by atoms with Crippen molar-refractivity contribution in [1.82, 2.24) is 5.48 Å². The summed E-state index contributed by atoms with van der Waals surface area (Å²) in [5.74, 6) is -0.0514. The van der Waals surface area contributed by atoms with Crippen molar-refractivity contribution in [2.75, 3.05) is 0 Å². The van der Waals surface area contributed by atoms with E-state index in [1.165, 1.54) is 6.07 Å². The molecule has 78 valence electrons. The number of phenols is 1. The molecule has 0 heterocycles. The predicted molar refractivity (Wildman–Crippen MR) is 56.1 cm³/mol. The fourth-order valence-corrected chi connectivity index (χ4v) is 1.74. The zero-order valence-electron chi connectivity index (χ0n) is 7.59. The summed E-state index contributed by atoms with van der Waals surface area (Å²) < 4.78 is 0. The topological polar surface area (TPSA) is 52.5 Å². The van der Waals surface area contributed by atoms with Crippen LogP contribution in [0.25, 0.3) is 0 Å². The SMILES string of the molecule is CC[C@H](NO)c1cc(Cl)cc(Cl)c1O. The molecule has 0 aliphatic carbocycles. The van der Waals surface area contributed by atoms with Crippen molar-refractivity contribution in [3.63, 3.8) is 0 Å². The smallest absolute Gasteiger partial charge is 0.139 e. The summed E-state index contributed by atoms with van der Waals surface area (Å²) in [6.07, 6.45) is 0.612. The number of nitrogens with one attached hydrogen (secondary N) is 1. The van der Waals surface area contributed by atoms with Gasteiger partial charge in [-0.2, -0.15) is 5.48 Å². The lowest BCUT2D eigenvalue weighted by Crippen LogP contribution is -2.16. The van der Waals surface area contributed by atoms with Crippen LogP contribution in [0.5, 0.6) is 5.75 Å². The summed E-state index contributed by atoms with van der Waals surface area (Å²) in [6, 6.07) is 2.65. The van der Waals surface area contributed by atoms with Gasteiger partial charge in [0.25, 0.3) is 0 Å². The molecule has 1 aromatic carbocycles. The van der Waals surface area contributed by atoms with Crippen LogP contribution in [0, 0.1) is 0 Å². The number of aromatic hydroxyl groups is 1. The van der Waals surface area contributed by atoms with Crippen LogP contribution in [-0.4, -0.2) is 10.3 Å². The molecule has 1 rings (SSSR count). The van der Waals surface area contributed by atoms with E-state index in [0.717, 1.165) is 0 Å². The quantitative estimate of drug-likeness (QED) is 0.706. The number of phenolic OH excluding ortho intramolecular Hbond substituents is 1. The van der Waals surface area contributed by atoms with Crippen molar-refractivity contribution in [2.45, 2.75) is 19.4 Å². The summed E-state index contributed by atoms with van der Waals surface area (Å²) in [5.41, 5.74) is 2.58. The highest BCUT2D eigenvalue weighted by atomic mass is 35.5. The second-order valence-corrected chi connectivity index (χ2v) is 3.76. The Morgan fingerprint density at radius 1 is 1.43 bits per heavy atom. The number of rotatable bonds is 3. The molecule has 3 N–H and O–H groups in total. The van der Waals surface area contributed by atoms with Gasteiger partial charge in [-0.3, -0.25) is 0 Å². The molecule has 5 heteroatoms. The van der Waals surface area contributed by atoms with E-state index in [-0.39, 0.29) is 16.8 Å². The molecule has 0 amide bonds. The lowest BCUT2D eigenvalue weighted by molar-refractivity contribution is 0.123. The van der Waals surface area contributed by atoms with Gasteiger partial charge in [0, 0.05) is 10.6 Å². The van der Waals surface area contributed by atoms with E-state index in [2.05, 4.69) is 5.48 Å². The molecule has 0 radical (unpaired) electrons. The Kier molecular flexibility index (Phi) is 4.01. The highest BCUT2D eigenvalue weighted by Gasteiger charge is 2.15. The Morgan fingerprint density at radius 3 is 2.57 bits per heavy atom. The summed E-state index contributed by atoms with van der Waals surface area (Å²) in [7, 11) is 0. The van der Waals surface area contributed by atoms with Gasteiger partial charge in [-0.15, -0.1) is 0 Å². The van der Waals surface area contributed by atoms with E-state index in [0.29, 0.717) is 17.0 Å². The zero-order chi connectivity index (χ0) is 10.7. The molecule has 1 atom stereocenters. The number of hydroxylamine groups is 1. The van der Waals surface area contributed by atoms with E-state index < -0.39 is 0 Å². The van der Waals surface area contributed by atoms with Crippen LogP contribution < -0.4 is 5.48 Å². The van der Waals surface area contributed by atoms with Gasteiger partial charge in [-0.05, 0) is 18.6 Å². The third-order valence-corrected chi connectivity index (χ3v) is 2.50. The standard InChI is InChI=1S/C9H11Cl2NO2/c1-2-8(12-14)6-3-5(10)4-7(11)9(6)13/h3-4,8,12-14H,2H2,1H3/t8-/m0/s1. The van der Waals surface area contributed by atoms with Crippen LogP contribution in [0.3, 0.4) is 0 Å². The maximum absolute atomic E-state index is 9.61. The molecule has 0 aromatic heterocycles. The van der Waals surface area contributed by atoms with Crippen molar-refractivity contribution in [3.8, 4) is 5.75 Å². The first-order chi connectivity index (χ1) is 6.60. The lowest BCUT2D eigenvalue weighted by Gasteiger charge is -2.15. The first-order valence-corrected chi connectivity index (χ1v) is 4.93. The summed E-state index contributed by atoms with van der Waals surface area (Å²) >= 11 is 11.5. The van der Waals surface area contributed by atoms with E-state index in [9.17, 15) is 5.11 Å².